The maximum absolute atomic E-state index is 12.3. The van der Waals surface area contributed by atoms with Gasteiger partial charge in [-0.1, -0.05) is 0 Å². The molecule has 0 N–H and O–H groups in total. The Kier molecular flexibility index (Phi) is 4.44. The van der Waals surface area contributed by atoms with Crippen LogP contribution >= 0.6 is 12.2 Å². The Morgan fingerprint density at radius 3 is 2.62 bits per heavy atom. The summed E-state index contributed by atoms with van der Waals surface area (Å²) < 4.78 is 21.9. The van der Waals surface area contributed by atoms with Crippen LogP contribution in [0.25, 0.3) is 11.3 Å². The van der Waals surface area contributed by atoms with E-state index < -0.39 is 6.10 Å². The van der Waals surface area contributed by atoms with Crippen molar-refractivity contribution < 1.29 is 23.4 Å². The van der Waals surface area contributed by atoms with Gasteiger partial charge in [-0.05, 0) is 49.5 Å². The van der Waals surface area contributed by atoms with E-state index in [1.807, 2.05) is 13.0 Å². The lowest BCUT2D eigenvalue weighted by Crippen LogP contribution is -2.28. The quantitative estimate of drug-likeness (QED) is 0.774. The molecule has 1 unspecified atom stereocenters. The van der Waals surface area contributed by atoms with E-state index in [0.717, 1.165) is 5.56 Å². The predicted molar refractivity (Wildman–Crippen MR) is 91.1 cm³/mol. The second-order valence-corrected chi connectivity index (χ2v) is 5.46. The number of likely N-dealkylation sites (N-methyl/N-ethyl adjacent to an activating group) is 1. The number of amides is 1. The normalized spacial score (nSPS) is 17.1. The number of nitrogens with zero attached hydrogens (tertiary/aromatic N) is 1. The lowest BCUT2D eigenvalue weighted by atomic mass is 10.1. The Labute approximate surface area is 144 Å². The summed E-state index contributed by atoms with van der Waals surface area (Å²) in [5, 5.41) is 0.171. The van der Waals surface area contributed by atoms with E-state index >= 15 is 0 Å². The molecule has 6 nitrogen and oxygen atoms in total. The number of hydrogen-bond acceptors (Lipinski definition) is 6. The maximum Gasteiger partial charge on any atom is 0.279 e. The fourth-order valence-electron chi connectivity index (χ4n) is 2.56. The van der Waals surface area contributed by atoms with Crippen molar-refractivity contribution in [1.82, 2.24) is 4.90 Å². The molecule has 3 rings (SSSR count). The van der Waals surface area contributed by atoms with Crippen molar-refractivity contribution >= 4 is 23.3 Å². The van der Waals surface area contributed by atoms with Crippen molar-refractivity contribution in [1.29, 1.82) is 0 Å². The average Bonchev–Trinajstić information content (AvgIpc) is 3.18. The summed E-state index contributed by atoms with van der Waals surface area (Å²) in [6.45, 7) is 2.30. The molecule has 0 radical (unpaired) electrons. The lowest BCUT2D eigenvalue weighted by molar-refractivity contribution is -0.130. The van der Waals surface area contributed by atoms with Crippen molar-refractivity contribution in [3.63, 3.8) is 0 Å². The summed E-state index contributed by atoms with van der Waals surface area (Å²) in [6.07, 6.45) is -0.845. The van der Waals surface area contributed by atoms with E-state index in [2.05, 4.69) is 0 Å². The van der Waals surface area contributed by atoms with Crippen molar-refractivity contribution in [2.45, 2.75) is 13.0 Å². The van der Waals surface area contributed by atoms with Gasteiger partial charge in [0, 0.05) is 6.54 Å². The highest BCUT2D eigenvalue weighted by Crippen LogP contribution is 2.37. The number of hydrogen-bond donors (Lipinski definition) is 0. The van der Waals surface area contributed by atoms with Crippen molar-refractivity contribution in [2.24, 2.45) is 0 Å². The minimum Gasteiger partial charge on any atom is -0.497 e. The highest BCUT2D eigenvalue weighted by atomic mass is 32.1. The van der Waals surface area contributed by atoms with Crippen LogP contribution in [-0.2, 0) is 9.53 Å². The molecule has 0 bridgehead atoms. The Bertz CT molecular complexity index is 785. The molecule has 7 heteroatoms. The molecule has 2 aromatic rings. The van der Waals surface area contributed by atoms with Crippen molar-refractivity contribution in [2.75, 3.05) is 20.8 Å². The maximum atomic E-state index is 12.3. The zero-order chi connectivity index (χ0) is 17.3. The van der Waals surface area contributed by atoms with E-state index in [1.165, 1.54) is 4.90 Å². The van der Waals surface area contributed by atoms with Gasteiger partial charge in [0.25, 0.3) is 11.1 Å². The number of carbonyl (C=O) groups excluding carboxylic acids is 1. The molecule has 126 valence electrons. The molecule has 1 fully saturated rings. The summed E-state index contributed by atoms with van der Waals surface area (Å²) in [7, 11) is 3.17. The van der Waals surface area contributed by atoms with Gasteiger partial charge in [-0.2, -0.15) is 0 Å². The first-order valence-electron chi connectivity index (χ1n) is 7.43. The summed E-state index contributed by atoms with van der Waals surface area (Å²) >= 11 is 5.07. The largest absolute Gasteiger partial charge is 0.497 e. The second kappa shape index (κ2) is 6.52. The number of thiocarbonyl (C=S) groups is 1. The molecule has 1 aliphatic rings. The molecule has 1 aliphatic heterocycles. The number of rotatable bonds is 5. The van der Waals surface area contributed by atoms with E-state index in [9.17, 15) is 4.79 Å². The molecular formula is C17H17NO5S. The molecular weight excluding hydrogens is 330 g/mol. The first-order valence-corrected chi connectivity index (χ1v) is 7.84. The van der Waals surface area contributed by atoms with Gasteiger partial charge in [0.15, 0.2) is 5.76 Å². The third kappa shape index (κ3) is 2.71. The molecule has 1 atom stereocenters. The zero-order valence-electron chi connectivity index (χ0n) is 13.6. The van der Waals surface area contributed by atoms with Crippen LogP contribution in [0.2, 0.25) is 0 Å². The number of carbonyl (C=O) groups is 1. The Hall–Kier alpha value is -2.54. The van der Waals surface area contributed by atoms with Gasteiger partial charge >= 0.3 is 0 Å². The minimum absolute atomic E-state index is 0.171. The second-order valence-electron chi connectivity index (χ2n) is 5.11. The van der Waals surface area contributed by atoms with Gasteiger partial charge in [-0.25, -0.2) is 0 Å². The molecule has 1 aromatic heterocycles. The van der Waals surface area contributed by atoms with Gasteiger partial charge < -0.3 is 18.6 Å². The fraction of sp³-hybridized carbons (Fsp3) is 0.294. The van der Waals surface area contributed by atoms with E-state index in [1.54, 1.807) is 38.5 Å². The summed E-state index contributed by atoms with van der Waals surface area (Å²) in [6, 6.07) is 8.87. The van der Waals surface area contributed by atoms with Crippen LogP contribution in [0, 0.1) is 0 Å². The first kappa shape index (κ1) is 16.3. The van der Waals surface area contributed by atoms with Gasteiger partial charge in [-0.3, -0.25) is 9.69 Å². The average molecular weight is 347 g/mol. The third-order valence-electron chi connectivity index (χ3n) is 3.80. The van der Waals surface area contributed by atoms with Crippen LogP contribution in [0.15, 0.2) is 34.7 Å². The van der Waals surface area contributed by atoms with Crippen LogP contribution < -0.4 is 9.47 Å². The number of furan rings is 1. The zero-order valence-corrected chi connectivity index (χ0v) is 14.4. The molecule has 1 saturated heterocycles. The van der Waals surface area contributed by atoms with Crippen LogP contribution in [0.4, 0.5) is 0 Å². The van der Waals surface area contributed by atoms with Crippen LogP contribution in [0.5, 0.6) is 11.5 Å². The highest BCUT2D eigenvalue weighted by Gasteiger charge is 2.40. The topological polar surface area (TPSA) is 61.1 Å². The first-order chi connectivity index (χ1) is 11.6. The van der Waals surface area contributed by atoms with Gasteiger partial charge in [0.2, 0.25) is 6.10 Å². The van der Waals surface area contributed by atoms with Crippen LogP contribution in [0.3, 0.4) is 0 Å². The standard InChI is InChI=1S/C17H17NO5S/c1-4-18-16(19)15(23-17(18)24)14-8-7-13(22-14)11-9-10(20-2)5-6-12(11)21-3/h5-9,15H,4H2,1-3H3. The van der Waals surface area contributed by atoms with Crippen LogP contribution in [0.1, 0.15) is 18.8 Å². The van der Waals surface area contributed by atoms with Crippen molar-refractivity contribution in [3.8, 4) is 22.8 Å². The molecule has 1 aromatic carbocycles. The van der Waals surface area contributed by atoms with Crippen LogP contribution in [-0.4, -0.2) is 36.7 Å². The molecule has 2 heterocycles. The fourth-order valence-corrected chi connectivity index (χ4v) is 2.87. The van der Waals surface area contributed by atoms with Gasteiger partial charge in [-0.15, -0.1) is 0 Å². The molecule has 24 heavy (non-hydrogen) atoms. The number of ether oxygens (including phenoxy) is 3. The Balaban J connectivity index is 1.95. The SMILES string of the molecule is CCN1C(=O)C(c2ccc(-c3cc(OC)ccc3OC)o2)OC1=S. The lowest BCUT2D eigenvalue weighted by Gasteiger charge is -2.09. The molecule has 0 aliphatic carbocycles. The van der Waals surface area contributed by atoms with E-state index in [4.69, 9.17) is 30.8 Å². The van der Waals surface area contributed by atoms with Gasteiger partial charge in [0.05, 0.1) is 19.8 Å². The Morgan fingerprint density at radius 2 is 2.00 bits per heavy atom. The molecule has 1 amide bonds. The van der Waals surface area contributed by atoms with Crippen molar-refractivity contribution in [3.05, 3.63) is 36.1 Å². The predicted octanol–water partition coefficient (Wildman–Crippen LogP) is 3.17. The molecule has 0 spiro atoms. The number of benzene rings is 1. The monoisotopic (exact) mass is 347 g/mol. The highest BCUT2D eigenvalue weighted by molar-refractivity contribution is 7.80. The minimum atomic E-state index is -0.845. The van der Waals surface area contributed by atoms with E-state index in [-0.39, 0.29) is 11.1 Å². The Morgan fingerprint density at radius 1 is 1.21 bits per heavy atom. The molecule has 0 saturated carbocycles. The smallest absolute Gasteiger partial charge is 0.279 e. The van der Waals surface area contributed by atoms with Gasteiger partial charge in [0.1, 0.15) is 17.3 Å². The summed E-state index contributed by atoms with van der Waals surface area (Å²) in [5.74, 6) is 2.05. The van der Waals surface area contributed by atoms with E-state index in [0.29, 0.717) is 29.6 Å². The third-order valence-corrected chi connectivity index (χ3v) is 4.12. The summed E-state index contributed by atoms with van der Waals surface area (Å²) in [5.41, 5.74) is 0.725. The summed E-state index contributed by atoms with van der Waals surface area (Å²) in [4.78, 5) is 13.7. The number of methoxy groups -OCH3 is 2.